The van der Waals surface area contributed by atoms with E-state index in [1.54, 1.807) is 12.4 Å². The SMILES string of the molecule is CCCNc1nc(-c2ncc[nH]2)nc(C)c1C(C)C. The molecule has 0 saturated carbocycles. The molecule has 0 unspecified atom stereocenters. The Labute approximate surface area is 113 Å². The van der Waals surface area contributed by atoms with Crippen molar-refractivity contribution >= 4 is 5.82 Å². The van der Waals surface area contributed by atoms with Crippen molar-refractivity contribution in [3.63, 3.8) is 0 Å². The number of imidazole rings is 1. The number of aromatic amines is 1. The van der Waals surface area contributed by atoms with Crippen LogP contribution in [-0.2, 0) is 0 Å². The minimum atomic E-state index is 0.394. The highest BCUT2D eigenvalue weighted by atomic mass is 15.1. The summed E-state index contributed by atoms with van der Waals surface area (Å²) in [5, 5.41) is 3.39. The number of rotatable bonds is 5. The number of anilines is 1. The molecule has 2 heterocycles. The molecular formula is C14H21N5. The molecule has 5 nitrogen and oxygen atoms in total. The summed E-state index contributed by atoms with van der Waals surface area (Å²) in [4.78, 5) is 16.4. The van der Waals surface area contributed by atoms with Gasteiger partial charge in [0.1, 0.15) is 5.82 Å². The van der Waals surface area contributed by atoms with Crippen LogP contribution in [0, 0.1) is 6.92 Å². The Morgan fingerprint density at radius 1 is 1.32 bits per heavy atom. The van der Waals surface area contributed by atoms with E-state index in [-0.39, 0.29) is 0 Å². The van der Waals surface area contributed by atoms with Crippen molar-refractivity contribution in [2.24, 2.45) is 0 Å². The van der Waals surface area contributed by atoms with Crippen LogP contribution in [0.2, 0.25) is 0 Å². The topological polar surface area (TPSA) is 66.5 Å². The summed E-state index contributed by atoms with van der Waals surface area (Å²) in [5.41, 5.74) is 2.19. The van der Waals surface area contributed by atoms with E-state index in [1.807, 2.05) is 6.92 Å². The van der Waals surface area contributed by atoms with Crippen molar-refractivity contribution in [1.82, 2.24) is 19.9 Å². The van der Waals surface area contributed by atoms with Crippen molar-refractivity contribution in [2.45, 2.75) is 40.0 Å². The van der Waals surface area contributed by atoms with Gasteiger partial charge in [0.05, 0.1) is 0 Å². The van der Waals surface area contributed by atoms with Crippen LogP contribution in [0.5, 0.6) is 0 Å². The molecule has 0 radical (unpaired) electrons. The van der Waals surface area contributed by atoms with Crippen LogP contribution in [0.25, 0.3) is 11.6 Å². The van der Waals surface area contributed by atoms with E-state index in [4.69, 9.17) is 0 Å². The van der Waals surface area contributed by atoms with Gasteiger partial charge in [-0.1, -0.05) is 20.8 Å². The molecule has 0 fully saturated rings. The molecule has 19 heavy (non-hydrogen) atoms. The van der Waals surface area contributed by atoms with E-state index in [0.29, 0.717) is 17.6 Å². The third kappa shape index (κ3) is 2.92. The molecule has 2 rings (SSSR count). The average Bonchev–Trinajstić information content (AvgIpc) is 2.88. The van der Waals surface area contributed by atoms with Crippen molar-refractivity contribution in [1.29, 1.82) is 0 Å². The first-order valence-corrected chi connectivity index (χ1v) is 6.75. The van der Waals surface area contributed by atoms with E-state index in [9.17, 15) is 0 Å². The standard InChI is InChI=1S/C14H21N5/c1-5-6-15-12-11(9(2)3)10(4)18-14(19-12)13-16-7-8-17-13/h7-9H,5-6H2,1-4H3,(H,16,17)(H,15,18,19). The zero-order chi connectivity index (χ0) is 13.8. The van der Waals surface area contributed by atoms with Crippen LogP contribution in [0.15, 0.2) is 12.4 Å². The largest absolute Gasteiger partial charge is 0.370 e. The lowest BCUT2D eigenvalue weighted by Gasteiger charge is -2.16. The van der Waals surface area contributed by atoms with Gasteiger partial charge in [-0.15, -0.1) is 0 Å². The molecule has 2 aromatic rings. The summed E-state index contributed by atoms with van der Waals surface area (Å²) < 4.78 is 0. The first-order valence-electron chi connectivity index (χ1n) is 6.75. The minimum absolute atomic E-state index is 0.394. The fourth-order valence-corrected chi connectivity index (χ4v) is 2.14. The summed E-state index contributed by atoms with van der Waals surface area (Å²) in [7, 11) is 0. The maximum atomic E-state index is 4.62. The second kappa shape index (κ2) is 5.82. The highest BCUT2D eigenvalue weighted by molar-refractivity contribution is 5.55. The first-order chi connectivity index (χ1) is 9.13. The molecular weight excluding hydrogens is 238 g/mol. The lowest BCUT2D eigenvalue weighted by atomic mass is 10.0. The number of nitrogens with zero attached hydrogens (tertiary/aromatic N) is 3. The predicted molar refractivity (Wildman–Crippen MR) is 77.2 cm³/mol. The molecule has 0 aliphatic heterocycles. The second-order valence-electron chi connectivity index (χ2n) is 4.91. The third-order valence-electron chi connectivity index (χ3n) is 2.97. The van der Waals surface area contributed by atoms with Gasteiger partial charge >= 0.3 is 0 Å². The van der Waals surface area contributed by atoms with Gasteiger partial charge in [0.15, 0.2) is 11.6 Å². The lowest BCUT2D eigenvalue weighted by Crippen LogP contribution is -2.10. The van der Waals surface area contributed by atoms with E-state index in [2.05, 4.69) is 46.0 Å². The number of hydrogen-bond donors (Lipinski definition) is 2. The van der Waals surface area contributed by atoms with Crippen LogP contribution in [0.4, 0.5) is 5.82 Å². The maximum Gasteiger partial charge on any atom is 0.197 e. The molecule has 0 saturated heterocycles. The molecule has 102 valence electrons. The zero-order valence-electron chi connectivity index (χ0n) is 12.0. The van der Waals surface area contributed by atoms with E-state index < -0.39 is 0 Å². The Balaban J connectivity index is 2.47. The number of nitrogens with one attached hydrogen (secondary N) is 2. The molecule has 0 atom stereocenters. The maximum absolute atomic E-state index is 4.62. The molecule has 2 aromatic heterocycles. The van der Waals surface area contributed by atoms with Gasteiger partial charge in [-0.3, -0.25) is 0 Å². The normalized spacial score (nSPS) is 11.0. The molecule has 5 heteroatoms. The highest BCUT2D eigenvalue weighted by Crippen LogP contribution is 2.27. The number of aromatic nitrogens is 4. The number of aryl methyl sites for hydroxylation is 1. The molecule has 0 aliphatic rings. The predicted octanol–water partition coefficient (Wildman–Crippen LogP) is 3.12. The summed E-state index contributed by atoms with van der Waals surface area (Å²) in [6.45, 7) is 9.41. The molecule has 0 amide bonds. The fraction of sp³-hybridized carbons (Fsp3) is 0.500. The third-order valence-corrected chi connectivity index (χ3v) is 2.97. The lowest BCUT2D eigenvalue weighted by molar-refractivity contribution is 0.825. The molecule has 0 aromatic carbocycles. The Morgan fingerprint density at radius 3 is 2.68 bits per heavy atom. The van der Waals surface area contributed by atoms with Crippen LogP contribution in [-0.4, -0.2) is 26.5 Å². The van der Waals surface area contributed by atoms with Crippen molar-refractivity contribution < 1.29 is 0 Å². The van der Waals surface area contributed by atoms with Gasteiger partial charge in [0.2, 0.25) is 0 Å². The Hall–Kier alpha value is -1.91. The molecule has 0 spiro atoms. The Morgan fingerprint density at radius 2 is 2.11 bits per heavy atom. The molecule has 0 bridgehead atoms. The number of hydrogen-bond acceptors (Lipinski definition) is 4. The Kier molecular flexibility index (Phi) is 4.14. The summed E-state index contributed by atoms with van der Waals surface area (Å²) in [6.07, 6.45) is 4.56. The number of H-pyrrole nitrogens is 1. The van der Waals surface area contributed by atoms with Crippen LogP contribution < -0.4 is 5.32 Å². The fourth-order valence-electron chi connectivity index (χ4n) is 2.14. The average molecular weight is 259 g/mol. The van der Waals surface area contributed by atoms with Crippen molar-refractivity contribution in [2.75, 3.05) is 11.9 Å². The van der Waals surface area contributed by atoms with Gasteiger partial charge in [0, 0.05) is 30.2 Å². The van der Waals surface area contributed by atoms with Gasteiger partial charge in [-0.05, 0) is 19.3 Å². The van der Waals surface area contributed by atoms with Crippen molar-refractivity contribution in [3.05, 3.63) is 23.7 Å². The summed E-state index contributed by atoms with van der Waals surface area (Å²) in [6, 6.07) is 0. The quantitative estimate of drug-likeness (QED) is 0.865. The van der Waals surface area contributed by atoms with Gasteiger partial charge < -0.3 is 10.3 Å². The highest BCUT2D eigenvalue weighted by Gasteiger charge is 2.16. The van der Waals surface area contributed by atoms with Crippen LogP contribution in [0.3, 0.4) is 0 Å². The van der Waals surface area contributed by atoms with Gasteiger partial charge in [0.25, 0.3) is 0 Å². The Bertz CT molecular complexity index is 531. The monoisotopic (exact) mass is 259 g/mol. The smallest absolute Gasteiger partial charge is 0.197 e. The summed E-state index contributed by atoms with van der Waals surface area (Å²) in [5.74, 6) is 2.67. The zero-order valence-corrected chi connectivity index (χ0v) is 12.0. The second-order valence-corrected chi connectivity index (χ2v) is 4.91. The summed E-state index contributed by atoms with van der Waals surface area (Å²) >= 11 is 0. The van der Waals surface area contributed by atoms with Crippen LogP contribution >= 0.6 is 0 Å². The molecule has 0 aliphatic carbocycles. The van der Waals surface area contributed by atoms with E-state index in [0.717, 1.165) is 24.5 Å². The van der Waals surface area contributed by atoms with Crippen LogP contribution in [0.1, 0.15) is 44.4 Å². The van der Waals surface area contributed by atoms with E-state index in [1.165, 1.54) is 5.56 Å². The van der Waals surface area contributed by atoms with E-state index >= 15 is 0 Å². The minimum Gasteiger partial charge on any atom is -0.370 e. The van der Waals surface area contributed by atoms with Gasteiger partial charge in [-0.25, -0.2) is 15.0 Å². The first kappa shape index (κ1) is 13.5. The van der Waals surface area contributed by atoms with Gasteiger partial charge in [-0.2, -0.15) is 0 Å². The van der Waals surface area contributed by atoms with Crippen molar-refractivity contribution in [3.8, 4) is 11.6 Å². The molecule has 2 N–H and O–H groups in total.